The third-order valence-electron chi connectivity index (χ3n) is 5.75. The summed E-state index contributed by atoms with van der Waals surface area (Å²) >= 11 is 12.4. The summed E-state index contributed by atoms with van der Waals surface area (Å²) in [5, 5.41) is 3.81. The number of carbonyl (C=O) groups excluding carboxylic acids is 2. The summed E-state index contributed by atoms with van der Waals surface area (Å²) in [4.78, 5) is 28.2. The van der Waals surface area contributed by atoms with Gasteiger partial charge in [0.15, 0.2) is 0 Å². The molecular formula is C27H37Cl2N3O5S. The minimum absolute atomic E-state index is 0.0195. The molecule has 0 heterocycles. The first-order valence-electron chi connectivity index (χ1n) is 12.3. The Kier molecular flexibility index (Phi) is 11.3. The number of carbonyl (C=O) groups is 2. The second-order valence-corrected chi connectivity index (χ2v) is 12.8. The van der Waals surface area contributed by atoms with E-state index in [-0.39, 0.29) is 37.7 Å². The molecule has 2 aromatic rings. The lowest BCUT2D eigenvalue weighted by Crippen LogP contribution is -2.53. The molecule has 0 spiro atoms. The number of halogens is 2. The number of amides is 2. The zero-order valence-corrected chi connectivity index (χ0v) is 25.1. The maximum atomic E-state index is 13.6. The third kappa shape index (κ3) is 9.06. The van der Waals surface area contributed by atoms with E-state index in [9.17, 15) is 18.0 Å². The first-order chi connectivity index (χ1) is 17.7. The van der Waals surface area contributed by atoms with Crippen LogP contribution in [0.5, 0.6) is 5.75 Å². The van der Waals surface area contributed by atoms with Crippen LogP contribution in [0.4, 0.5) is 5.69 Å². The highest BCUT2D eigenvalue weighted by Gasteiger charge is 2.31. The van der Waals surface area contributed by atoms with Gasteiger partial charge in [0.2, 0.25) is 21.8 Å². The van der Waals surface area contributed by atoms with Gasteiger partial charge in [-0.15, -0.1) is 0 Å². The van der Waals surface area contributed by atoms with E-state index in [1.54, 1.807) is 42.5 Å². The van der Waals surface area contributed by atoms with Crippen molar-refractivity contribution in [3.63, 3.8) is 0 Å². The second kappa shape index (κ2) is 13.5. The fraction of sp³-hybridized carbons (Fsp3) is 0.481. The molecule has 210 valence electrons. The van der Waals surface area contributed by atoms with E-state index in [0.29, 0.717) is 33.5 Å². The molecule has 0 saturated heterocycles. The van der Waals surface area contributed by atoms with Crippen LogP contribution in [-0.4, -0.2) is 56.6 Å². The van der Waals surface area contributed by atoms with Gasteiger partial charge in [0, 0.05) is 35.1 Å². The van der Waals surface area contributed by atoms with Gasteiger partial charge in [0.25, 0.3) is 0 Å². The lowest BCUT2D eigenvalue weighted by atomic mass is 10.0. The standard InChI is InChI=1S/C27H37Cl2N3O5S/c1-7-22(26(34)30-27(2,3)4)31(18-19-14-15-20(28)17-21(19)29)25(33)13-10-16-32(38(6,35)36)23-11-8-9-12-24(23)37-5/h8-9,11-12,14-15,17,22H,7,10,13,16,18H2,1-6H3,(H,30,34). The lowest BCUT2D eigenvalue weighted by Gasteiger charge is -2.33. The Labute approximate surface area is 236 Å². The van der Waals surface area contributed by atoms with Crippen molar-refractivity contribution in [2.24, 2.45) is 0 Å². The molecule has 0 aliphatic carbocycles. The van der Waals surface area contributed by atoms with Crippen molar-refractivity contribution in [1.29, 1.82) is 0 Å². The number of hydrogen-bond acceptors (Lipinski definition) is 5. The first kappa shape index (κ1) is 31.7. The summed E-state index contributed by atoms with van der Waals surface area (Å²) in [6, 6.07) is 11.1. The van der Waals surface area contributed by atoms with Crippen LogP contribution in [0.25, 0.3) is 0 Å². The van der Waals surface area contributed by atoms with E-state index in [2.05, 4.69) is 5.32 Å². The van der Waals surface area contributed by atoms with Crippen LogP contribution in [-0.2, 0) is 26.2 Å². The molecule has 38 heavy (non-hydrogen) atoms. The minimum Gasteiger partial charge on any atom is -0.495 e. The summed E-state index contributed by atoms with van der Waals surface area (Å²) in [5.74, 6) is -0.154. The number of nitrogens with zero attached hydrogens (tertiary/aromatic N) is 2. The van der Waals surface area contributed by atoms with Crippen molar-refractivity contribution in [2.45, 2.75) is 65.1 Å². The molecule has 0 aliphatic heterocycles. The molecule has 0 saturated carbocycles. The van der Waals surface area contributed by atoms with Crippen molar-refractivity contribution in [2.75, 3.05) is 24.2 Å². The molecule has 1 N–H and O–H groups in total. The average molecular weight is 587 g/mol. The SMILES string of the molecule is CCC(C(=O)NC(C)(C)C)N(Cc1ccc(Cl)cc1Cl)C(=O)CCCN(c1ccccc1OC)S(C)(=O)=O. The van der Waals surface area contributed by atoms with Crippen LogP contribution in [0.1, 0.15) is 52.5 Å². The van der Waals surface area contributed by atoms with Gasteiger partial charge in [0.05, 0.1) is 19.1 Å². The Morgan fingerprint density at radius 1 is 1.11 bits per heavy atom. The van der Waals surface area contributed by atoms with Gasteiger partial charge < -0.3 is 15.0 Å². The highest BCUT2D eigenvalue weighted by molar-refractivity contribution is 7.92. The smallest absolute Gasteiger partial charge is 0.243 e. The molecule has 0 aromatic heterocycles. The number of sulfonamides is 1. The number of hydrogen-bond donors (Lipinski definition) is 1. The molecule has 0 radical (unpaired) electrons. The predicted octanol–water partition coefficient (Wildman–Crippen LogP) is 5.27. The van der Waals surface area contributed by atoms with Gasteiger partial charge >= 0.3 is 0 Å². The van der Waals surface area contributed by atoms with E-state index in [4.69, 9.17) is 27.9 Å². The number of methoxy groups -OCH3 is 1. The van der Waals surface area contributed by atoms with Crippen LogP contribution in [0.3, 0.4) is 0 Å². The van der Waals surface area contributed by atoms with Crippen molar-refractivity contribution in [3.05, 3.63) is 58.1 Å². The topological polar surface area (TPSA) is 96.0 Å². The van der Waals surface area contributed by atoms with Crippen molar-refractivity contribution < 1.29 is 22.7 Å². The summed E-state index contributed by atoms with van der Waals surface area (Å²) < 4.78 is 31.7. The Morgan fingerprint density at radius 2 is 1.76 bits per heavy atom. The molecule has 2 rings (SSSR count). The molecular weight excluding hydrogens is 549 g/mol. The van der Waals surface area contributed by atoms with Crippen LogP contribution in [0.2, 0.25) is 10.0 Å². The van der Waals surface area contributed by atoms with Crippen molar-refractivity contribution in [3.8, 4) is 5.75 Å². The average Bonchev–Trinajstić information content (AvgIpc) is 2.81. The molecule has 1 atom stereocenters. The molecule has 2 amide bonds. The van der Waals surface area contributed by atoms with Gasteiger partial charge in [-0.1, -0.05) is 48.3 Å². The van der Waals surface area contributed by atoms with Gasteiger partial charge in [-0.05, 0) is 63.4 Å². The number of benzene rings is 2. The van der Waals surface area contributed by atoms with Crippen molar-refractivity contribution >= 4 is 50.7 Å². The molecule has 8 nitrogen and oxygen atoms in total. The van der Waals surface area contributed by atoms with Gasteiger partial charge in [-0.25, -0.2) is 8.42 Å². The second-order valence-electron chi connectivity index (χ2n) is 10.0. The quantitative estimate of drug-likeness (QED) is 0.366. The molecule has 0 bridgehead atoms. The monoisotopic (exact) mass is 585 g/mol. The molecule has 0 fully saturated rings. The first-order valence-corrected chi connectivity index (χ1v) is 14.9. The molecule has 1 unspecified atom stereocenters. The minimum atomic E-state index is -3.65. The Balaban J connectivity index is 2.31. The normalized spacial score (nSPS) is 12.5. The molecule has 2 aromatic carbocycles. The lowest BCUT2D eigenvalue weighted by molar-refractivity contribution is -0.142. The number of anilines is 1. The van der Waals surface area contributed by atoms with Crippen LogP contribution in [0, 0.1) is 0 Å². The van der Waals surface area contributed by atoms with Crippen LogP contribution >= 0.6 is 23.2 Å². The summed E-state index contributed by atoms with van der Waals surface area (Å²) in [5.41, 5.74) is 0.561. The number of ether oxygens (including phenoxy) is 1. The van der Waals surface area contributed by atoms with Crippen molar-refractivity contribution in [1.82, 2.24) is 10.2 Å². The maximum absolute atomic E-state index is 13.6. The fourth-order valence-corrected chi connectivity index (χ4v) is 5.46. The number of rotatable bonds is 12. The maximum Gasteiger partial charge on any atom is 0.243 e. The highest BCUT2D eigenvalue weighted by atomic mass is 35.5. The third-order valence-corrected chi connectivity index (χ3v) is 7.51. The highest BCUT2D eigenvalue weighted by Crippen LogP contribution is 2.30. The van der Waals surface area contributed by atoms with Crippen LogP contribution in [0.15, 0.2) is 42.5 Å². The largest absolute Gasteiger partial charge is 0.495 e. The predicted molar refractivity (Wildman–Crippen MR) is 153 cm³/mol. The zero-order chi connectivity index (χ0) is 28.7. The Bertz CT molecular complexity index is 1230. The van der Waals surface area contributed by atoms with Gasteiger partial charge in [-0.3, -0.25) is 13.9 Å². The molecule has 11 heteroatoms. The molecule has 0 aliphatic rings. The van der Waals surface area contributed by atoms with E-state index < -0.39 is 21.6 Å². The summed E-state index contributed by atoms with van der Waals surface area (Å²) in [6.45, 7) is 7.62. The fourth-order valence-electron chi connectivity index (χ4n) is 4.02. The zero-order valence-electron chi connectivity index (χ0n) is 22.8. The Hall–Kier alpha value is -2.49. The van der Waals surface area contributed by atoms with E-state index in [1.807, 2.05) is 27.7 Å². The van der Waals surface area contributed by atoms with E-state index in [0.717, 1.165) is 6.26 Å². The van der Waals surface area contributed by atoms with Crippen LogP contribution < -0.4 is 14.4 Å². The number of para-hydroxylation sites is 2. The van der Waals surface area contributed by atoms with E-state index in [1.165, 1.54) is 16.3 Å². The van der Waals surface area contributed by atoms with Gasteiger partial charge in [0.1, 0.15) is 11.8 Å². The van der Waals surface area contributed by atoms with Gasteiger partial charge in [-0.2, -0.15) is 0 Å². The van der Waals surface area contributed by atoms with E-state index >= 15 is 0 Å². The Morgan fingerprint density at radius 3 is 2.32 bits per heavy atom. The summed E-state index contributed by atoms with van der Waals surface area (Å²) in [7, 11) is -2.18. The number of nitrogens with one attached hydrogen (secondary N) is 1. The summed E-state index contributed by atoms with van der Waals surface area (Å²) in [6.07, 6.45) is 1.74.